The van der Waals surface area contributed by atoms with Gasteiger partial charge in [0.1, 0.15) is 11.6 Å². The van der Waals surface area contributed by atoms with E-state index in [0.29, 0.717) is 63.8 Å². The van der Waals surface area contributed by atoms with Gasteiger partial charge in [0.15, 0.2) is 14.1 Å². The van der Waals surface area contributed by atoms with Crippen LogP contribution in [0.5, 0.6) is 0 Å². The van der Waals surface area contributed by atoms with Crippen molar-refractivity contribution in [2.75, 3.05) is 0 Å². The van der Waals surface area contributed by atoms with Crippen LogP contribution >= 0.6 is 31.9 Å². The molecule has 4 rings (SSSR count). The Labute approximate surface area is 215 Å². The fraction of sp³-hybridized carbons (Fsp3) is 0.440. The molecule has 2 aliphatic carbocycles. The standard InChI is InChI=1S/C13H15BrFNOSi.C9H6BrFO.C2H6.CH4/c1-16-13(17-18(2,3)4)8-7-9-10(13)5-6-11(14)12(9)15;10-7-3-1-5-6(9(7)11)2-4-8(5)12;1-2;/h5-6H,7-8H2,2-4H3;1,3H,2,4H2;1-2H3;1H4/i;;1D;. The fourth-order valence-electron chi connectivity index (χ4n) is 3.86. The zero-order chi connectivity index (χ0) is 25.0. The number of hydrogen-bond donors (Lipinski definition) is 0. The number of nitrogens with zero attached hydrogens (tertiary/aromatic N) is 1. The number of carbonyl (C=O) groups excluding carboxylic acids is 1. The van der Waals surface area contributed by atoms with Gasteiger partial charge >= 0.3 is 5.72 Å². The maximum absolute atomic E-state index is 14.0. The third-order valence-corrected chi connectivity index (χ3v) is 7.26. The zero-order valence-electron chi connectivity index (χ0n) is 19.6. The predicted octanol–water partition coefficient (Wildman–Crippen LogP) is 8.84. The van der Waals surface area contributed by atoms with Crippen molar-refractivity contribution < 1.29 is 19.4 Å². The predicted molar refractivity (Wildman–Crippen MR) is 140 cm³/mol. The van der Waals surface area contributed by atoms with Gasteiger partial charge in [-0.2, -0.15) is 0 Å². The summed E-state index contributed by atoms with van der Waals surface area (Å²) in [6.07, 6.45) is 2.10. The van der Waals surface area contributed by atoms with Gasteiger partial charge in [0.2, 0.25) is 0 Å². The first-order valence-electron chi connectivity index (χ1n) is 11.0. The first-order valence-corrected chi connectivity index (χ1v) is 15.3. The second kappa shape index (κ2) is 11.8. The summed E-state index contributed by atoms with van der Waals surface area (Å²) in [5.74, 6) is -0.480. The number of rotatable bonds is 2. The molecule has 0 saturated carbocycles. The molecule has 0 spiro atoms. The molecule has 0 amide bonds. The van der Waals surface area contributed by atoms with Gasteiger partial charge < -0.3 is 4.43 Å². The van der Waals surface area contributed by atoms with Gasteiger partial charge in [0.05, 0.1) is 20.9 Å². The number of ketones is 1. The largest absolute Gasteiger partial charge is 0.355 e. The van der Waals surface area contributed by atoms with Gasteiger partial charge in [0, 0.05) is 24.5 Å². The van der Waals surface area contributed by atoms with Crippen LogP contribution in [0.4, 0.5) is 8.78 Å². The Kier molecular flexibility index (Phi) is 9.98. The van der Waals surface area contributed by atoms with Gasteiger partial charge in [-0.15, -0.1) is 0 Å². The highest BCUT2D eigenvalue weighted by Gasteiger charge is 2.50. The summed E-state index contributed by atoms with van der Waals surface area (Å²) in [5, 5.41) is 0. The molecule has 1 atom stereocenters. The summed E-state index contributed by atoms with van der Waals surface area (Å²) in [7, 11) is -1.86. The molecule has 180 valence electrons. The van der Waals surface area contributed by atoms with Crippen LogP contribution in [0, 0.1) is 18.2 Å². The Hall–Kier alpha value is -1.40. The average molecular weight is 604 g/mol. The van der Waals surface area contributed by atoms with Crippen molar-refractivity contribution in [1.82, 2.24) is 0 Å². The molecule has 0 fully saturated rings. The number of halogens is 4. The zero-order valence-corrected chi connectivity index (χ0v) is 22.8. The summed E-state index contributed by atoms with van der Waals surface area (Å²) in [5.41, 5.74) is 1.48. The molecule has 2 aliphatic rings. The lowest BCUT2D eigenvalue weighted by Gasteiger charge is -2.26. The second-order valence-corrected chi connectivity index (χ2v) is 14.4. The first kappa shape index (κ1) is 27.8. The van der Waals surface area contributed by atoms with Crippen LogP contribution in [0.25, 0.3) is 4.85 Å². The van der Waals surface area contributed by atoms with Gasteiger partial charge in [-0.1, -0.05) is 21.3 Å². The molecule has 0 aliphatic heterocycles. The van der Waals surface area contributed by atoms with E-state index in [9.17, 15) is 13.6 Å². The summed E-state index contributed by atoms with van der Waals surface area (Å²) < 4.78 is 40.5. The molecular weight excluding hydrogens is 572 g/mol. The topological polar surface area (TPSA) is 30.7 Å². The van der Waals surface area contributed by atoms with E-state index in [0.717, 1.165) is 0 Å². The Morgan fingerprint density at radius 2 is 1.61 bits per heavy atom. The van der Waals surface area contributed by atoms with E-state index in [4.69, 9.17) is 12.4 Å². The molecule has 0 radical (unpaired) electrons. The van der Waals surface area contributed by atoms with Gasteiger partial charge in [-0.25, -0.2) is 15.4 Å². The summed E-state index contributed by atoms with van der Waals surface area (Å²) in [6.45, 7) is 15.9. The van der Waals surface area contributed by atoms with Crippen molar-refractivity contribution in [3.05, 3.63) is 78.5 Å². The maximum atomic E-state index is 14.0. The molecule has 0 heterocycles. The van der Waals surface area contributed by atoms with Crippen LogP contribution in [0.15, 0.2) is 33.2 Å². The molecule has 2 aromatic carbocycles. The van der Waals surface area contributed by atoms with Crippen LogP contribution < -0.4 is 0 Å². The number of Topliss-reactive ketones (excluding diaryl/α,β-unsaturated/α-hetero) is 1. The van der Waals surface area contributed by atoms with Crippen molar-refractivity contribution in [2.45, 2.75) is 72.3 Å². The highest BCUT2D eigenvalue weighted by molar-refractivity contribution is 9.10. The molecule has 3 nitrogen and oxygen atoms in total. The van der Waals surface area contributed by atoms with Gasteiger partial charge in [-0.05, 0) is 88.6 Å². The summed E-state index contributed by atoms with van der Waals surface area (Å²) in [6, 6.07) is 6.73. The van der Waals surface area contributed by atoms with Crippen LogP contribution in [-0.2, 0) is 23.0 Å². The molecule has 0 N–H and O–H groups in total. The van der Waals surface area contributed by atoms with Crippen LogP contribution in [-0.4, -0.2) is 14.1 Å². The number of hydrogen-bond acceptors (Lipinski definition) is 2. The molecule has 0 bridgehead atoms. The average Bonchev–Trinajstić information content (AvgIpc) is 3.29. The third-order valence-electron chi connectivity index (χ3n) is 5.08. The lowest BCUT2D eigenvalue weighted by molar-refractivity contribution is 0.0994. The van der Waals surface area contributed by atoms with Crippen molar-refractivity contribution in [3.63, 3.8) is 0 Å². The Morgan fingerprint density at radius 3 is 2.15 bits per heavy atom. The highest BCUT2D eigenvalue weighted by atomic mass is 79.9. The maximum Gasteiger partial charge on any atom is 0.355 e. The van der Waals surface area contributed by atoms with E-state index in [1.165, 1.54) is 0 Å². The minimum absolute atomic E-state index is 0. The van der Waals surface area contributed by atoms with Gasteiger partial charge in [-0.3, -0.25) is 9.64 Å². The van der Waals surface area contributed by atoms with E-state index in [-0.39, 0.29) is 24.8 Å². The van der Waals surface area contributed by atoms with Crippen LogP contribution in [0.3, 0.4) is 0 Å². The quantitative estimate of drug-likeness (QED) is 0.253. The molecule has 8 heteroatoms. The number of fused-ring (bicyclic) bond motifs is 2. The highest BCUT2D eigenvalue weighted by Crippen LogP contribution is 2.45. The molecule has 1 unspecified atom stereocenters. The third kappa shape index (κ3) is 6.39. The fourth-order valence-corrected chi connectivity index (χ4v) is 5.87. The molecule has 0 saturated heterocycles. The molecule has 2 aromatic rings. The van der Waals surface area contributed by atoms with Crippen LogP contribution in [0.1, 0.15) is 62.5 Å². The van der Waals surface area contributed by atoms with E-state index in [2.05, 4.69) is 36.7 Å². The molecular formula is C25H31Br2F2NO2Si. The first-order chi connectivity index (χ1) is 15.4. The monoisotopic (exact) mass is 602 g/mol. The Bertz CT molecular complexity index is 1090. The normalized spacial score (nSPS) is 18.4. The van der Waals surface area contributed by atoms with E-state index < -0.39 is 14.0 Å². The lowest BCUT2D eigenvalue weighted by Crippen LogP contribution is -2.37. The minimum atomic E-state index is -1.86. The van der Waals surface area contributed by atoms with E-state index in [1.807, 2.05) is 25.7 Å². The Balaban J connectivity index is 0.000000313. The Morgan fingerprint density at radius 1 is 1.06 bits per heavy atom. The van der Waals surface area contributed by atoms with E-state index in [1.54, 1.807) is 25.1 Å². The van der Waals surface area contributed by atoms with Crippen LogP contribution in [0.2, 0.25) is 19.6 Å². The number of carbonyl (C=O) groups is 1. The summed E-state index contributed by atoms with van der Waals surface area (Å²) >= 11 is 6.27. The van der Waals surface area contributed by atoms with Crippen molar-refractivity contribution in [3.8, 4) is 0 Å². The number of benzene rings is 2. The summed E-state index contributed by atoms with van der Waals surface area (Å²) in [4.78, 5) is 14.8. The van der Waals surface area contributed by atoms with Gasteiger partial charge in [0.25, 0.3) is 0 Å². The van der Waals surface area contributed by atoms with Crippen molar-refractivity contribution >= 4 is 46.0 Å². The second-order valence-electron chi connectivity index (χ2n) is 8.31. The minimum Gasteiger partial charge on any atom is -0.347 e. The lowest BCUT2D eigenvalue weighted by atomic mass is 10.1. The van der Waals surface area contributed by atoms with E-state index >= 15 is 0 Å². The molecule has 0 aromatic heterocycles. The SMILES string of the molecule is C.O=C1CCc2c1ccc(Br)c2F.[2H]CC.[C-]#[N+]C1(O[Si](C)(C)C)CCc2c1ccc(Br)c2F. The smallest absolute Gasteiger partial charge is 0.347 e. The van der Waals surface area contributed by atoms with Crippen molar-refractivity contribution in [2.24, 2.45) is 0 Å². The van der Waals surface area contributed by atoms with Crippen molar-refractivity contribution in [1.29, 1.82) is 0 Å². The molecule has 33 heavy (non-hydrogen) atoms.